The molecule has 0 spiro atoms. The molecule has 0 aliphatic heterocycles. The van der Waals surface area contributed by atoms with E-state index in [9.17, 15) is 9.50 Å². The highest BCUT2D eigenvalue weighted by Gasteiger charge is 2.16. The number of hydrogen-bond donors (Lipinski definition) is 2. The van der Waals surface area contributed by atoms with Crippen molar-refractivity contribution in [1.29, 1.82) is 0 Å². The third kappa shape index (κ3) is 2.26. The summed E-state index contributed by atoms with van der Waals surface area (Å²) < 4.78 is 13.5. The van der Waals surface area contributed by atoms with Crippen LogP contribution in [0.4, 0.5) is 4.39 Å². The molecule has 4 nitrogen and oxygen atoms in total. The molecule has 0 aliphatic carbocycles. The molecule has 1 aromatic heterocycles. The van der Waals surface area contributed by atoms with E-state index >= 15 is 0 Å². The fourth-order valence-corrected chi connectivity index (χ4v) is 1.13. The summed E-state index contributed by atoms with van der Waals surface area (Å²) in [5.41, 5.74) is 6.07. The van der Waals surface area contributed by atoms with Crippen molar-refractivity contribution >= 4 is 0 Å². The lowest BCUT2D eigenvalue weighted by atomic mass is 10.1. The van der Waals surface area contributed by atoms with Crippen LogP contribution in [0.3, 0.4) is 0 Å². The van der Waals surface area contributed by atoms with Crippen molar-refractivity contribution in [2.75, 3.05) is 6.67 Å². The molecule has 3 N–H and O–H groups in total. The van der Waals surface area contributed by atoms with Gasteiger partial charge in [-0.1, -0.05) is 0 Å². The van der Waals surface area contributed by atoms with Crippen molar-refractivity contribution in [3.63, 3.8) is 0 Å². The molecule has 0 saturated carbocycles. The lowest BCUT2D eigenvalue weighted by molar-refractivity contribution is 0.142. The Morgan fingerprint density at radius 2 is 2.46 bits per heavy atom. The van der Waals surface area contributed by atoms with Crippen LogP contribution in [0.5, 0.6) is 0 Å². The minimum Gasteiger partial charge on any atom is -0.385 e. The second kappa shape index (κ2) is 4.34. The molecule has 2 unspecified atom stereocenters. The average molecular weight is 187 g/mol. The van der Waals surface area contributed by atoms with Gasteiger partial charge in [0.25, 0.3) is 0 Å². The molecule has 0 aromatic carbocycles. The van der Waals surface area contributed by atoms with Crippen molar-refractivity contribution in [2.45, 2.75) is 25.6 Å². The monoisotopic (exact) mass is 187 g/mol. The van der Waals surface area contributed by atoms with Crippen molar-refractivity contribution in [3.8, 4) is 0 Å². The fraction of sp³-hybridized carbons (Fsp3) is 0.625. The molecule has 0 aliphatic rings. The van der Waals surface area contributed by atoms with Gasteiger partial charge in [0, 0.05) is 12.2 Å². The van der Waals surface area contributed by atoms with E-state index in [0.717, 1.165) is 0 Å². The number of hydrogen-bond acceptors (Lipinski definition) is 3. The smallest absolute Gasteiger partial charge is 0.110 e. The van der Waals surface area contributed by atoms with Gasteiger partial charge in [0.2, 0.25) is 0 Å². The number of nitrogens with two attached hydrogens (primary N) is 1. The van der Waals surface area contributed by atoms with Gasteiger partial charge >= 0.3 is 0 Å². The Kier molecular flexibility index (Phi) is 3.39. The molecule has 74 valence electrons. The predicted octanol–water partition coefficient (Wildman–Crippen LogP) is 0.233. The van der Waals surface area contributed by atoms with Crippen LogP contribution in [0, 0.1) is 0 Å². The topological polar surface area (TPSA) is 64.1 Å². The lowest BCUT2D eigenvalue weighted by Crippen LogP contribution is -2.26. The number of alkyl halides is 1. The second-order valence-corrected chi connectivity index (χ2v) is 2.97. The Morgan fingerprint density at radius 3 is 3.00 bits per heavy atom. The quantitative estimate of drug-likeness (QED) is 0.709. The van der Waals surface area contributed by atoms with E-state index in [0.29, 0.717) is 5.69 Å². The van der Waals surface area contributed by atoms with Crippen LogP contribution in [0.2, 0.25) is 0 Å². The molecule has 1 rings (SSSR count). The van der Waals surface area contributed by atoms with Gasteiger partial charge in [-0.15, -0.1) is 0 Å². The Morgan fingerprint density at radius 1 is 1.77 bits per heavy atom. The molecule has 0 fully saturated rings. The van der Waals surface area contributed by atoms with Gasteiger partial charge in [-0.2, -0.15) is 5.10 Å². The maximum absolute atomic E-state index is 12.0. The molecule has 2 atom stereocenters. The minimum absolute atomic E-state index is 0.159. The SMILES string of the molecule is CC(N)C(O)c1ccnn1CCF. The predicted molar refractivity (Wildman–Crippen MR) is 46.8 cm³/mol. The molecule has 0 saturated heterocycles. The van der Waals surface area contributed by atoms with E-state index in [4.69, 9.17) is 5.73 Å². The summed E-state index contributed by atoms with van der Waals surface area (Å²) in [6, 6.07) is 1.26. The number of aromatic nitrogens is 2. The second-order valence-electron chi connectivity index (χ2n) is 2.97. The Hall–Kier alpha value is -0.940. The zero-order chi connectivity index (χ0) is 9.84. The summed E-state index contributed by atoms with van der Waals surface area (Å²) in [4.78, 5) is 0. The van der Waals surface area contributed by atoms with Crippen LogP contribution in [0.15, 0.2) is 12.3 Å². The molecule has 0 bridgehead atoms. The first kappa shape index (κ1) is 10.1. The van der Waals surface area contributed by atoms with Gasteiger partial charge in [-0.05, 0) is 13.0 Å². The first-order valence-corrected chi connectivity index (χ1v) is 4.18. The average Bonchev–Trinajstić information content (AvgIpc) is 2.52. The molecule has 5 heteroatoms. The van der Waals surface area contributed by atoms with Crippen LogP contribution < -0.4 is 5.73 Å². The number of aliphatic hydroxyl groups excluding tert-OH is 1. The standard InChI is InChI=1S/C8H14FN3O/c1-6(10)8(13)7-2-4-11-12(7)5-3-9/h2,4,6,8,13H,3,5,10H2,1H3. The normalized spacial score (nSPS) is 15.7. The van der Waals surface area contributed by atoms with Gasteiger partial charge in [0.15, 0.2) is 0 Å². The summed E-state index contributed by atoms with van der Waals surface area (Å²) >= 11 is 0. The summed E-state index contributed by atoms with van der Waals surface area (Å²) in [6.45, 7) is 1.35. The molecule has 13 heavy (non-hydrogen) atoms. The molecule has 1 heterocycles. The fourth-order valence-electron chi connectivity index (χ4n) is 1.13. The highest BCUT2D eigenvalue weighted by Crippen LogP contribution is 2.14. The molecule has 0 radical (unpaired) electrons. The van der Waals surface area contributed by atoms with Crippen LogP contribution in [-0.2, 0) is 6.54 Å². The van der Waals surface area contributed by atoms with Crippen LogP contribution in [0.25, 0.3) is 0 Å². The number of aliphatic hydroxyl groups is 1. The van der Waals surface area contributed by atoms with E-state index in [2.05, 4.69) is 5.10 Å². The number of nitrogens with zero attached hydrogens (tertiary/aromatic N) is 2. The van der Waals surface area contributed by atoms with Crippen LogP contribution in [0.1, 0.15) is 18.7 Å². The number of halogens is 1. The summed E-state index contributed by atoms with van der Waals surface area (Å²) in [5, 5.41) is 13.5. The zero-order valence-electron chi connectivity index (χ0n) is 7.52. The Balaban J connectivity index is 2.80. The molecular formula is C8H14FN3O. The Bertz CT molecular complexity index is 262. The highest BCUT2D eigenvalue weighted by molar-refractivity contribution is 5.06. The van der Waals surface area contributed by atoms with E-state index in [1.165, 1.54) is 10.9 Å². The number of aryl methyl sites for hydroxylation is 1. The minimum atomic E-state index is -0.783. The zero-order valence-corrected chi connectivity index (χ0v) is 7.52. The maximum Gasteiger partial charge on any atom is 0.110 e. The van der Waals surface area contributed by atoms with Gasteiger partial charge in [-0.3, -0.25) is 4.68 Å². The third-order valence-corrected chi connectivity index (χ3v) is 1.85. The van der Waals surface area contributed by atoms with Crippen molar-refractivity contribution < 1.29 is 9.50 Å². The van der Waals surface area contributed by atoms with E-state index in [1.807, 2.05) is 0 Å². The largest absolute Gasteiger partial charge is 0.385 e. The molecule has 0 amide bonds. The van der Waals surface area contributed by atoms with Crippen molar-refractivity contribution in [2.24, 2.45) is 5.73 Å². The summed E-state index contributed by atoms with van der Waals surface area (Å²) in [5.74, 6) is 0. The van der Waals surface area contributed by atoms with E-state index in [1.54, 1.807) is 13.0 Å². The van der Waals surface area contributed by atoms with Gasteiger partial charge in [0.05, 0.1) is 12.2 Å². The van der Waals surface area contributed by atoms with Crippen molar-refractivity contribution in [1.82, 2.24) is 9.78 Å². The molecular weight excluding hydrogens is 173 g/mol. The van der Waals surface area contributed by atoms with Gasteiger partial charge in [0.1, 0.15) is 12.8 Å². The van der Waals surface area contributed by atoms with Crippen LogP contribution in [-0.4, -0.2) is 27.6 Å². The summed E-state index contributed by atoms with van der Waals surface area (Å²) in [6.07, 6.45) is 0.741. The highest BCUT2D eigenvalue weighted by atomic mass is 19.1. The van der Waals surface area contributed by atoms with Gasteiger partial charge in [-0.25, -0.2) is 4.39 Å². The van der Waals surface area contributed by atoms with E-state index < -0.39 is 12.8 Å². The Labute approximate surface area is 76.2 Å². The van der Waals surface area contributed by atoms with Gasteiger partial charge < -0.3 is 10.8 Å². The first-order chi connectivity index (χ1) is 6.16. The third-order valence-electron chi connectivity index (χ3n) is 1.85. The number of rotatable bonds is 4. The van der Waals surface area contributed by atoms with Crippen LogP contribution >= 0.6 is 0 Å². The molecule has 1 aromatic rings. The van der Waals surface area contributed by atoms with E-state index in [-0.39, 0.29) is 12.6 Å². The first-order valence-electron chi connectivity index (χ1n) is 4.18. The maximum atomic E-state index is 12.0. The summed E-state index contributed by atoms with van der Waals surface area (Å²) in [7, 11) is 0. The van der Waals surface area contributed by atoms with Crippen molar-refractivity contribution in [3.05, 3.63) is 18.0 Å². The lowest BCUT2D eigenvalue weighted by Gasteiger charge is -2.15.